The van der Waals surface area contributed by atoms with Crippen molar-refractivity contribution in [2.75, 3.05) is 5.32 Å². The molecule has 2 N–H and O–H groups in total. The monoisotopic (exact) mass is 222 g/mol. The molecule has 0 radical (unpaired) electrons. The highest BCUT2D eigenvalue weighted by Crippen LogP contribution is 2.15. The Bertz CT molecular complexity index is 437. The van der Waals surface area contributed by atoms with Gasteiger partial charge in [-0.3, -0.25) is 10.4 Å². The van der Waals surface area contributed by atoms with Gasteiger partial charge in [-0.15, -0.1) is 0 Å². The summed E-state index contributed by atoms with van der Waals surface area (Å²) >= 11 is 0. The summed E-state index contributed by atoms with van der Waals surface area (Å²) in [6.07, 6.45) is -0.629. The number of aromatic nitrogens is 2. The van der Waals surface area contributed by atoms with Crippen LogP contribution in [0.5, 0.6) is 0 Å². The highest BCUT2D eigenvalue weighted by molar-refractivity contribution is 5.85. The number of rotatable bonds is 1. The summed E-state index contributed by atoms with van der Waals surface area (Å²) in [4.78, 5) is 11.4. The first kappa shape index (κ1) is 12.0. The van der Waals surface area contributed by atoms with Crippen molar-refractivity contribution in [3.63, 3.8) is 0 Å². The molecule has 1 rings (SSSR count). The summed E-state index contributed by atoms with van der Waals surface area (Å²) in [7, 11) is 0. The van der Waals surface area contributed by atoms with Crippen molar-refractivity contribution in [2.45, 2.75) is 33.3 Å². The minimum Gasteiger partial charge on any atom is -0.444 e. The minimum absolute atomic E-state index is 0.189. The number of nitrogens with one attached hydrogen (secondary N) is 2. The Morgan fingerprint density at radius 2 is 2.19 bits per heavy atom. The summed E-state index contributed by atoms with van der Waals surface area (Å²) in [6.45, 7) is 6.97. The highest BCUT2D eigenvalue weighted by atomic mass is 16.6. The number of ether oxygens (including phenoxy) is 1. The van der Waals surface area contributed by atoms with E-state index in [1.807, 2.05) is 6.07 Å². The van der Waals surface area contributed by atoms with Gasteiger partial charge in [0.2, 0.25) is 0 Å². The molecule has 6 heteroatoms. The van der Waals surface area contributed by atoms with E-state index in [0.717, 1.165) is 0 Å². The molecule has 86 valence electrons. The zero-order valence-corrected chi connectivity index (χ0v) is 9.71. The molecule has 0 aliphatic carbocycles. The van der Waals surface area contributed by atoms with Crippen LogP contribution in [-0.4, -0.2) is 21.9 Å². The minimum atomic E-state index is -0.629. The first-order valence-electron chi connectivity index (χ1n) is 4.78. The Kier molecular flexibility index (Phi) is 3.18. The zero-order valence-electron chi connectivity index (χ0n) is 9.71. The summed E-state index contributed by atoms with van der Waals surface area (Å²) < 4.78 is 5.04. The average molecular weight is 222 g/mol. The Hall–Kier alpha value is -2.03. The van der Waals surface area contributed by atoms with Crippen LogP contribution in [0, 0.1) is 18.3 Å². The molecule has 0 atom stereocenters. The van der Waals surface area contributed by atoms with Crippen molar-refractivity contribution in [1.29, 1.82) is 5.26 Å². The maximum atomic E-state index is 11.4. The number of carbonyl (C=O) groups is 1. The third kappa shape index (κ3) is 2.98. The zero-order chi connectivity index (χ0) is 12.3. The van der Waals surface area contributed by atoms with Gasteiger partial charge < -0.3 is 4.74 Å². The van der Waals surface area contributed by atoms with E-state index in [4.69, 9.17) is 10.00 Å². The van der Waals surface area contributed by atoms with Crippen LogP contribution in [0.4, 0.5) is 10.6 Å². The van der Waals surface area contributed by atoms with Crippen LogP contribution in [-0.2, 0) is 4.74 Å². The number of nitriles is 1. The van der Waals surface area contributed by atoms with Crippen molar-refractivity contribution in [1.82, 2.24) is 10.2 Å². The quantitative estimate of drug-likeness (QED) is 0.759. The van der Waals surface area contributed by atoms with Crippen molar-refractivity contribution in [3.8, 4) is 6.07 Å². The van der Waals surface area contributed by atoms with Gasteiger partial charge in [-0.25, -0.2) is 4.79 Å². The predicted molar refractivity (Wildman–Crippen MR) is 57.9 cm³/mol. The van der Waals surface area contributed by atoms with Gasteiger partial charge in [0, 0.05) is 0 Å². The molecule has 0 bridgehead atoms. The summed E-state index contributed by atoms with van der Waals surface area (Å²) in [5.74, 6) is 0.189. The fraction of sp³-hybridized carbons (Fsp3) is 0.500. The van der Waals surface area contributed by atoms with Gasteiger partial charge in [0.1, 0.15) is 17.2 Å². The molecule has 1 amide bonds. The normalized spacial score (nSPS) is 10.7. The molecule has 0 aliphatic heterocycles. The Labute approximate surface area is 93.6 Å². The molecular weight excluding hydrogens is 208 g/mol. The van der Waals surface area contributed by atoms with Gasteiger partial charge in [-0.05, 0) is 27.7 Å². The van der Waals surface area contributed by atoms with Gasteiger partial charge in [0.05, 0.1) is 5.69 Å². The molecule has 1 aromatic rings. The van der Waals surface area contributed by atoms with Gasteiger partial charge in [0.25, 0.3) is 0 Å². The fourth-order valence-electron chi connectivity index (χ4n) is 1.06. The van der Waals surface area contributed by atoms with E-state index in [-0.39, 0.29) is 5.82 Å². The molecule has 0 aromatic carbocycles. The molecule has 1 heterocycles. The largest absolute Gasteiger partial charge is 0.444 e. The van der Waals surface area contributed by atoms with E-state index in [1.54, 1.807) is 27.7 Å². The van der Waals surface area contributed by atoms with Gasteiger partial charge in [-0.2, -0.15) is 10.4 Å². The lowest BCUT2D eigenvalue weighted by atomic mass is 10.2. The molecule has 1 aromatic heterocycles. The number of carbonyl (C=O) groups excluding carboxylic acids is 1. The topological polar surface area (TPSA) is 90.8 Å². The number of amides is 1. The van der Waals surface area contributed by atoms with Crippen LogP contribution >= 0.6 is 0 Å². The smallest absolute Gasteiger partial charge is 0.413 e. The lowest BCUT2D eigenvalue weighted by Gasteiger charge is -2.19. The first-order chi connectivity index (χ1) is 7.33. The van der Waals surface area contributed by atoms with Crippen LogP contribution in [0.1, 0.15) is 32.0 Å². The maximum absolute atomic E-state index is 11.4. The number of nitrogens with zero attached hydrogens (tertiary/aromatic N) is 2. The van der Waals surface area contributed by atoms with E-state index in [2.05, 4.69) is 15.5 Å². The molecule has 0 saturated carbocycles. The number of hydrogen-bond acceptors (Lipinski definition) is 4. The van der Waals surface area contributed by atoms with Gasteiger partial charge in [-0.1, -0.05) is 0 Å². The first-order valence-corrected chi connectivity index (χ1v) is 4.78. The molecule has 0 fully saturated rings. The number of aryl methyl sites for hydroxylation is 1. The fourth-order valence-corrected chi connectivity index (χ4v) is 1.06. The van der Waals surface area contributed by atoms with Crippen molar-refractivity contribution >= 4 is 11.9 Å². The second-order valence-electron chi connectivity index (χ2n) is 4.31. The number of anilines is 1. The lowest BCUT2D eigenvalue weighted by molar-refractivity contribution is 0.0635. The number of hydrogen-bond donors (Lipinski definition) is 2. The Morgan fingerprint density at radius 1 is 1.56 bits per heavy atom. The second-order valence-corrected chi connectivity index (χ2v) is 4.31. The Balaban J connectivity index is 2.75. The molecule has 0 saturated heterocycles. The van der Waals surface area contributed by atoms with E-state index in [0.29, 0.717) is 11.3 Å². The molecule has 0 spiro atoms. The number of aromatic amines is 1. The van der Waals surface area contributed by atoms with Gasteiger partial charge >= 0.3 is 6.09 Å². The molecule has 0 unspecified atom stereocenters. The molecule has 16 heavy (non-hydrogen) atoms. The molecule has 0 aliphatic rings. The van der Waals surface area contributed by atoms with Crippen molar-refractivity contribution in [3.05, 3.63) is 11.3 Å². The Morgan fingerprint density at radius 3 is 2.69 bits per heavy atom. The van der Waals surface area contributed by atoms with E-state index < -0.39 is 11.7 Å². The van der Waals surface area contributed by atoms with Crippen LogP contribution in [0.15, 0.2) is 0 Å². The van der Waals surface area contributed by atoms with Crippen molar-refractivity contribution < 1.29 is 9.53 Å². The summed E-state index contributed by atoms with van der Waals surface area (Å²) in [5, 5.41) is 17.7. The predicted octanol–water partition coefficient (Wildman–Crippen LogP) is 1.94. The van der Waals surface area contributed by atoms with E-state index in [9.17, 15) is 4.79 Å². The van der Waals surface area contributed by atoms with Gasteiger partial charge in [0.15, 0.2) is 5.82 Å². The highest BCUT2D eigenvalue weighted by Gasteiger charge is 2.19. The molecule has 6 nitrogen and oxygen atoms in total. The SMILES string of the molecule is Cc1[nH]nc(NC(=O)OC(C)(C)C)c1C#N. The van der Waals surface area contributed by atoms with E-state index in [1.165, 1.54) is 0 Å². The standard InChI is InChI=1S/C10H14N4O2/c1-6-7(5-11)8(14-13-6)12-9(15)16-10(2,3)4/h1-4H3,(H2,12,13,14,15). The summed E-state index contributed by atoms with van der Waals surface area (Å²) in [6, 6.07) is 1.95. The van der Waals surface area contributed by atoms with Crippen LogP contribution in [0.2, 0.25) is 0 Å². The summed E-state index contributed by atoms with van der Waals surface area (Å²) in [5.41, 5.74) is 0.335. The second kappa shape index (κ2) is 4.23. The van der Waals surface area contributed by atoms with Crippen LogP contribution in [0.25, 0.3) is 0 Å². The maximum Gasteiger partial charge on any atom is 0.413 e. The van der Waals surface area contributed by atoms with Crippen molar-refractivity contribution in [2.24, 2.45) is 0 Å². The average Bonchev–Trinajstić information content (AvgIpc) is 2.43. The lowest BCUT2D eigenvalue weighted by Crippen LogP contribution is -2.27. The van der Waals surface area contributed by atoms with E-state index >= 15 is 0 Å². The van der Waals surface area contributed by atoms with Crippen LogP contribution in [0.3, 0.4) is 0 Å². The molecular formula is C10H14N4O2. The van der Waals surface area contributed by atoms with Crippen LogP contribution < -0.4 is 5.32 Å². The number of H-pyrrole nitrogens is 1. The third-order valence-corrected chi connectivity index (χ3v) is 1.68. The third-order valence-electron chi connectivity index (χ3n) is 1.68.